The summed E-state index contributed by atoms with van der Waals surface area (Å²) in [6.07, 6.45) is -0.343. The fourth-order valence-corrected chi connectivity index (χ4v) is 6.63. The van der Waals surface area contributed by atoms with Crippen LogP contribution in [0.3, 0.4) is 0 Å². The zero-order valence-electron chi connectivity index (χ0n) is 22.7. The van der Waals surface area contributed by atoms with E-state index in [1.165, 1.54) is 4.31 Å². The summed E-state index contributed by atoms with van der Waals surface area (Å²) in [5.41, 5.74) is 4.13. The Labute approximate surface area is 230 Å². The van der Waals surface area contributed by atoms with Crippen LogP contribution in [-0.2, 0) is 16.6 Å². The van der Waals surface area contributed by atoms with Crippen LogP contribution in [0, 0.1) is 12.8 Å². The molecule has 208 valence electrons. The second kappa shape index (κ2) is 11.9. The van der Waals surface area contributed by atoms with Crippen LogP contribution in [0.1, 0.15) is 35.3 Å². The van der Waals surface area contributed by atoms with Crippen molar-refractivity contribution in [1.82, 2.24) is 9.21 Å². The van der Waals surface area contributed by atoms with E-state index in [4.69, 9.17) is 9.84 Å². The lowest BCUT2D eigenvalue weighted by Gasteiger charge is -2.37. The molecular formula is C30H36N2O6S. The number of hydrogen-bond acceptors (Lipinski definition) is 6. The van der Waals surface area contributed by atoms with Crippen LogP contribution in [0.25, 0.3) is 11.1 Å². The van der Waals surface area contributed by atoms with Crippen LogP contribution in [0.5, 0.6) is 5.75 Å². The topological polar surface area (TPSA) is 107 Å². The molecule has 0 saturated heterocycles. The molecule has 0 radical (unpaired) electrons. The molecule has 1 aliphatic heterocycles. The summed E-state index contributed by atoms with van der Waals surface area (Å²) in [4.78, 5) is 13.3. The third-order valence-electron chi connectivity index (χ3n) is 7.20. The highest BCUT2D eigenvalue weighted by atomic mass is 32.2. The molecule has 0 amide bonds. The molecule has 3 aromatic carbocycles. The van der Waals surface area contributed by atoms with Gasteiger partial charge in [-0.2, -0.15) is 4.31 Å². The summed E-state index contributed by atoms with van der Waals surface area (Å²) in [5.74, 6) is -0.854. The molecule has 1 heterocycles. The number of aliphatic hydroxyl groups excluding tert-OH is 1. The second-order valence-electron chi connectivity index (χ2n) is 10.5. The molecule has 0 saturated carbocycles. The van der Waals surface area contributed by atoms with Crippen LogP contribution in [0.15, 0.2) is 71.6 Å². The van der Waals surface area contributed by atoms with Crippen molar-refractivity contribution >= 4 is 16.0 Å². The Morgan fingerprint density at radius 2 is 1.72 bits per heavy atom. The molecule has 0 spiro atoms. The maximum Gasteiger partial charge on any atom is 0.335 e. The maximum absolute atomic E-state index is 13.7. The minimum atomic E-state index is -3.92. The summed E-state index contributed by atoms with van der Waals surface area (Å²) in [5, 5.41) is 19.0. The lowest BCUT2D eigenvalue weighted by Crippen LogP contribution is -2.49. The first-order valence-corrected chi connectivity index (χ1v) is 14.4. The number of carboxylic acids is 1. The number of fused-ring (bicyclic) bond motifs is 1. The molecule has 9 heteroatoms. The van der Waals surface area contributed by atoms with Gasteiger partial charge in [0.25, 0.3) is 0 Å². The predicted molar refractivity (Wildman–Crippen MR) is 150 cm³/mol. The van der Waals surface area contributed by atoms with Gasteiger partial charge in [0.2, 0.25) is 10.0 Å². The van der Waals surface area contributed by atoms with Crippen molar-refractivity contribution in [3.8, 4) is 16.9 Å². The Morgan fingerprint density at radius 1 is 1.08 bits per heavy atom. The van der Waals surface area contributed by atoms with Crippen LogP contribution in [0.4, 0.5) is 0 Å². The number of carbonyl (C=O) groups is 1. The minimum Gasteiger partial charge on any atom is -0.487 e. The number of ether oxygens (including phenoxy) is 1. The van der Waals surface area contributed by atoms with E-state index in [1.807, 2.05) is 45.2 Å². The molecule has 0 unspecified atom stereocenters. The zero-order chi connectivity index (χ0) is 28.3. The number of rotatable bonds is 8. The SMILES string of the molecule is Cc1ccc(-c2ccc3c(c2)O[C@H](CN(C)Cc2ccc(C(=O)O)cc2)[C@@H](C)CN([C@@H](C)CO)S3(=O)=O)cc1. The van der Waals surface area contributed by atoms with Gasteiger partial charge in [0.1, 0.15) is 16.7 Å². The van der Waals surface area contributed by atoms with Crippen molar-refractivity contribution in [3.63, 3.8) is 0 Å². The largest absolute Gasteiger partial charge is 0.487 e. The third kappa shape index (κ3) is 6.50. The average Bonchev–Trinajstić information content (AvgIpc) is 2.90. The van der Waals surface area contributed by atoms with Gasteiger partial charge in [-0.1, -0.05) is 55.0 Å². The highest BCUT2D eigenvalue weighted by molar-refractivity contribution is 7.89. The highest BCUT2D eigenvalue weighted by Crippen LogP contribution is 2.36. The Hall–Kier alpha value is -3.24. The molecule has 8 nitrogen and oxygen atoms in total. The van der Waals surface area contributed by atoms with E-state index in [0.717, 1.165) is 22.3 Å². The van der Waals surface area contributed by atoms with E-state index in [2.05, 4.69) is 4.90 Å². The Kier molecular flexibility index (Phi) is 8.76. The normalized spacial score (nSPS) is 19.9. The van der Waals surface area contributed by atoms with E-state index < -0.39 is 22.0 Å². The van der Waals surface area contributed by atoms with E-state index >= 15 is 0 Å². The van der Waals surface area contributed by atoms with Crippen LogP contribution >= 0.6 is 0 Å². The fourth-order valence-electron chi connectivity index (χ4n) is 4.81. The molecular weight excluding hydrogens is 516 g/mol. The molecule has 0 aliphatic carbocycles. The van der Waals surface area contributed by atoms with Crippen molar-refractivity contribution in [3.05, 3.63) is 83.4 Å². The first kappa shape index (κ1) is 28.8. The number of carboxylic acid groups (broad SMARTS) is 1. The van der Waals surface area contributed by atoms with Gasteiger partial charge in [-0.3, -0.25) is 4.90 Å². The number of nitrogens with zero attached hydrogens (tertiary/aromatic N) is 2. The molecule has 0 fully saturated rings. The molecule has 3 aromatic rings. The average molecular weight is 553 g/mol. The number of aliphatic hydroxyl groups is 1. The summed E-state index contributed by atoms with van der Waals surface area (Å²) in [6.45, 7) is 6.67. The number of aromatic carboxylic acids is 1. The Morgan fingerprint density at radius 3 is 2.33 bits per heavy atom. The molecule has 39 heavy (non-hydrogen) atoms. The van der Waals surface area contributed by atoms with E-state index in [9.17, 15) is 18.3 Å². The van der Waals surface area contributed by atoms with E-state index in [0.29, 0.717) is 18.8 Å². The first-order valence-electron chi connectivity index (χ1n) is 13.0. The first-order chi connectivity index (χ1) is 18.5. The number of likely N-dealkylation sites (N-methyl/N-ethyl adjacent to an activating group) is 1. The van der Waals surface area contributed by atoms with Crippen molar-refractivity contribution in [2.24, 2.45) is 5.92 Å². The van der Waals surface area contributed by atoms with Gasteiger partial charge in [0.15, 0.2) is 0 Å². The highest BCUT2D eigenvalue weighted by Gasteiger charge is 2.38. The standard InChI is InChI=1S/C30H36N2O6S/c1-20-5-9-24(10-6-20)26-13-14-29-27(15-26)38-28(21(2)16-32(22(3)19-33)39(29,36)37)18-31(4)17-23-7-11-25(12-8-23)30(34)35/h5-15,21-22,28,33H,16-19H2,1-4H3,(H,34,35)/t21-,22-,28+/m0/s1. The smallest absolute Gasteiger partial charge is 0.335 e. The number of benzene rings is 3. The quantitative estimate of drug-likeness (QED) is 0.430. The molecule has 4 rings (SSSR count). The molecule has 1 aliphatic rings. The van der Waals surface area contributed by atoms with Crippen LogP contribution in [0.2, 0.25) is 0 Å². The van der Waals surface area contributed by atoms with Crippen molar-refractivity contribution in [2.75, 3.05) is 26.7 Å². The van der Waals surface area contributed by atoms with Gasteiger partial charge in [-0.05, 0) is 61.9 Å². The Bertz CT molecular complexity index is 1410. The monoisotopic (exact) mass is 552 g/mol. The third-order valence-corrected chi connectivity index (χ3v) is 9.22. The predicted octanol–water partition coefficient (Wildman–Crippen LogP) is 4.26. The van der Waals surface area contributed by atoms with Gasteiger partial charge in [0.05, 0.1) is 12.2 Å². The summed E-state index contributed by atoms with van der Waals surface area (Å²) in [6, 6.07) is 19.4. The summed E-state index contributed by atoms with van der Waals surface area (Å²) < 4.78 is 35.4. The number of sulfonamides is 1. The van der Waals surface area contributed by atoms with Crippen molar-refractivity contribution in [1.29, 1.82) is 0 Å². The van der Waals surface area contributed by atoms with E-state index in [1.54, 1.807) is 49.4 Å². The zero-order valence-corrected chi connectivity index (χ0v) is 23.6. The van der Waals surface area contributed by atoms with Crippen LogP contribution < -0.4 is 4.74 Å². The molecule has 3 atom stereocenters. The molecule has 0 aromatic heterocycles. The van der Waals surface area contributed by atoms with Gasteiger partial charge >= 0.3 is 5.97 Å². The molecule has 2 N–H and O–H groups in total. The fraction of sp³-hybridized carbons (Fsp3) is 0.367. The van der Waals surface area contributed by atoms with Crippen LogP contribution in [-0.4, -0.2) is 72.7 Å². The number of aryl methyl sites for hydroxylation is 1. The maximum atomic E-state index is 13.7. The second-order valence-corrected chi connectivity index (χ2v) is 12.3. The summed E-state index contributed by atoms with van der Waals surface area (Å²) >= 11 is 0. The van der Waals surface area contributed by atoms with Crippen molar-refractivity contribution in [2.45, 2.75) is 44.4 Å². The van der Waals surface area contributed by atoms with Crippen molar-refractivity contribution < 1.29 is 28.2 Å². The molecule has 0 bridgehead atoms. The minimum absolute atomic E-state index is 0.0856. The lowest BCUT2D eigenvalue weighted by molar-refractivity contribution is 0.0697. The lowest BCUT2D eigenvalue weighted by atomic mass is 10.0. The Balaban J connectivity index is 1.67. The van der Waals surface area contributed by atoms with E-state index in [-0.39, 0.29) is 35.6 Å². The van der Waals surface area contributed by atoms with Gasteiger partial charge < -0.3 is 14.9 Å². The summed E-state index contributed by atoms with van der Waals surface area (Å²) in [7, 11) is -1.96. The van der Waals surface area contributed by atoms with Gasteiger partial charge in [0, 0.05) is 31.6 Å². The van der Waals surface area contributed by atoms with Gasteiger partial charge in [-0.15, -0.1) is 0 Å². The van der Waals surface area contributed by atoms with Gasteiger partial charge in [-0.25, -0.2) is 13.2 Å². The number of hydrogen-bond donors (Lipinski definition) is 2.